The van der Waals surface area contributed by atoms with E-state index in [1.54, 1.807) is 6.20 Å². The molecule has 0 spiro atoms. The van der Waals surface area contributed by atoms with Gasteiger partial charge in [0.15, 0.2) is 0 Å². The van der Waals surface area contributed by atoms with Crippen LogP contribution < -0.4 is 5.32 Å². The number of hydrogen-bond donors (Lipinski definition) is 1. The lowest BCUT2D eigenvalue weighted by Crippen LogP contribution is -2.12. The van der Waals surface area contributed by atoms with E-state index >= 15 is 0 Å². The van der Waals surface area contributed by atoms with E-state index in [4.69, 9.17) is 0 Å². The summed E-state index contributed by atoms with van der Waals surface area (Å²) in [5.41, 5.74) is 3.32. The molecule has 1 N–H and O–H groups in total. The van der Waals surface area contributed by atoms with E-state index in [0.29, 0.717) is 0 Å². The van der Waals surface area contributed by atoms with Gasteiger partial charge in [0, 0.05) is 6.20 Å². The number of pyridine rings is 1. The fourth-order valence-electron chi connectivity index (χ4n) is 2.23. The van der Waals surface area contributed by atoms with Crippen molar-refractivity contribution in [1.82, 2.24) is 4.98 Å². The van der Waals surface area contributed by atoms with Crippen molar-refractivity contribution in [2.45, 2.75) is 39.2 Å². The van der Waals surface area contributed by atoms with Crippen LogP contribution in [-0.2, 0) is 0 Å². The summed E-state index contributed by atoms with van der Waals surface area (Å²) in [6.45, 7) is 4.24. The van der Waals surface area contributed by atoms with Gasteiger partial charge in [0.2, 0.25) is 0 Å². The second-order valence-electron chi connectivity index (χ2n) is 5.08. The molecule has 20 heavy (non-hydrogen) atoms. The van der Waals surface area contributed by atoms with Gasteiger partial charge in [0.1, 0.15) is 5.82 Å². The quantitative estimate of drug-likeness (QED) is 0.811. The van der Waals surface area contributed by atoms with Gasteiger partial charge in [-0.2, -0.15) is 0 Å². The Labute approximate surface area is 120 Å². The highest BCUT2D eigenvalue weighted by molar-refractivity contribution is 5.49. The number of aromatic nitrogens is 1. The number of hydrogen-bond acceptors (Lipinski definition) is 2. The zero-order chi connectivity index (χ0) is 14.4. The third-order valence-corrected chi connectivity index (χ3v) is 3.49. The van der Waals surface area contributed by atoms with Gasteiger partial charge in [-0.15, -0.1) is 0 Å². The van der Waals surface area contributed by atoms with Crippen LogP contribution in [0.5, 0.6) is 0 Å². The predicted molar refractivity (Wildman–Crippen MR) is 81.3 cm³/mol. The summed E-state index contributed by atoms with van der Waals surface area (Å²) >= 11 is 0. The van der Waals surface area contributed by atoms with Crippen molar-refractivity contribution in [3.63, 3.8) is 0 Å². The number of rotatable bonds is 6. The first-order valence-electron chi connectivity index (χ1n) is 7.13. The molecule has 0 amide bonds. The van der Waals surface area contributed by atoms with Crippen molar-refractivity contribution in [3.05, 3.63) is 59.7 Å². The molecule has 0 bridgehead atoms. The second-order valence-corrected chi connectivity index (χ2v) is 5.08. The highest BCUT2D eigenvalue weighted by Gasteiger charge is 2.12. The Morgan fingerprint density at radius 2 is 1.95 bits per heavy atom. The summed E-state index contributed by atoms with van der Waals surface area (Å²) in [7, 11) is 0. The molecule has 1 heterocycles. The van der Waals surface area contributed by atoms with E-state index in [9.17, 15) is 4.39 Å². The van der Waals surface area contributed by atoms with E-state index in [2.05, 4.69) is 24.1 Å². The molecule has 0 saturated heterocycles. The van der Waals surface area contributed by atoms with Crippen molar-refractivity contribution < 1.29 is 4.39 Å². The monoisotopic (exact) mass is 272 g/mol. The topological polar surface area (TPSA) is 24.9 Å². The minimum absolute atomic E-state index is 0.193. The minimum Gasteiger partial charge on any atom is -0.377 e. The van der Waals surface area contributed by atoms with E-state index in [1.165, 1.54) is 17.7 Å². The Balaban J connectivity index is 2.19. The smallest absolute Gasteiger partial charge is 0.123 e. The van der Waals surface area contributed by atoms with Crippen LogP contribution in [0, 0.1) is 12.7 Å². The summed E-state index contributed by atoms with van der Waals surface area (Å²) in [5, 5.41) is 3.53. The molecule has 0 aliphatic heterocycles. The van der Waals surface area contributed by atoms with Crippen molar-refractivity contribution in [3.8, 4) is 0 Å². The average Bonchev–Trinajstić information content (AvgIpc) is 2.46. The molecule has 2 rings (SSSR count). The summed E-state index contributed by atoms with van der Waals surface area (Å²) in [5.74, 6) is -0.194. The van der Waals surface area contributed by atoms with E-state index < -0.39 is 0 Å². The SMILES string of the molecule is CCCCC(Nc1cnccc1C)c1ccc(F)cc1. The maximum atomic E-state index is 13.1. The fraction of sp³-hybridized carbons (Fsp3) is 0.353. The van der Waals surface area contributed by atoms with Gasteiger partial charge in [0.25, 0.3) is 0 Å². The minimum atomic E-state index is -0.194. The molecule has 0 aliphatic carbocycles. The highest BCUT2D eigenvalue weighted by atomic mass is 19.1. The zero-order valence-electron chi connectivity index (χ0n) is 12.1. The Hall–Kier alpha value is -1.90. The normalized spacial score (nSPS) is 12.2. The predicted octanol–water partition coefficient (Wildman–Crippen LogP) is 4.87. The number of benzene rings is 1. The Morgan fingerprint density at radius 1 is 1.20 bits per heavy atom. The van der Waals surface area contributed by atoms with Gasteiger partial charge in [-0.3, -0.25) is 4.98 Å². The van der Waals surface area contributed by atoms with Crippen molar-refractivity contribution in [2.24, 2.45) is 0 Å². The van der Waals surface area contributed by atoms with Gasteiger partial charge < -0.3 is 5.32 Å². The van der Waals surface area contributed by atoms with Crippen LogP contribution in [0.15, 0.2) is 42.7 Å². The van der Waals surface area contributed by atoms with Crippen LogP contribution in [0.1, 0.15) is 43.4 Å². The second kappa shape index (κ2) is 7.04. The maximum absolute atomic E-state index is 13.1. The molecule has 0 saturated carbocycles. The van der Waals surface area contributed by atoms with Gasteiger partial charge >= 0.3 is 0 Å². The number of nitrogens with one attached hydrogen (secondary N) is 1. The van der Waals surface area contributed by atoms with Crippen molar-refractivity contribution in [2.75, 3.05) is 5.32 Å². The van der Waals surface area contributed by atoms with Crippen molar-refractivity contribution in [1.29, 1.82) is 0 Å². The Bertz CT molecular complexity index is 537. The molecule has 2 nitrogen and oxygen atoms in total. The summed E-state index contributed by atoms with van der Waals surface area (Å²) in [4.78, 5) is 4.16. The van der Waals surface area contributed by atoms with Crippen LogP contribution in [0.25, 0.3) is 0 Å². The molecule has 3 heteroatoms. The molecule has 1 atom stereocenters. The van der Waals surface area contributed by atoms with Gasteiger partial charge in [-0.25, -0.2) is 4.39 Å². The first-order chi connectivity index (χ1) is 9.70. The largest absolute Gasteiger partial charge is 0.377 e. The first-order valence-corrected chi connectivity index (χ1v) is 7.13. The third kappa shape index (κ3) is 3.80. The molecule has 106 valence electrons. The maximum Gasteiger partial charge on any atom is 0.123 e. The molecule has 1 unspecified atom stereocenters. The Kier molecular flexibility index (Phi) is 5.10. The number of aryl methyl sites for hydroxylation is 1. The van der Waals surface area contributed by atoms with Crippen LogP contribution in [0.4, 0.5) is 10.1 Å². The molecule has 1 aromatic carbocycles. The van der Waals surface area contributed by atoms with E-state index in [0.717, 1.165) is 30.5 Å². The van der Waals surface area contributed by atoms with E-state index in [-0.39, 0.29) is 11.9 Å². The average molecular weight is 272 g/mol. The molecule has 2 aromatic rings. The van der Waals surface area contributed by atoms with Crippen LogP contribution in [0.2, 0.25) is 0 Å². The lowest BCUT2D eigenvalue weighted by molar-refractivity contribution is 0.616. The number of unbranched alkanes of at least 4 members (excludes halogenated alkanes) is 1. The number of halogens is 1. The standard InChI is InChI=1S/C17H21FN2/c1-3-4-5-16(14-6-8-15(18)9-7-14)20-17-12-19-11-10-13(17)2/h6-12,16,20H,3-5H2,1-2H3. The zero-order valence-corrected chi connectivity index (χ0v) is 12.1. The molecule has 0 radical (unpaired) electrons. The van der Waals surface area contributed by atoms with Crippen LogP contribution in [0.3, 0.4) is 0 Å². The molecule has 1 aromatic heterocycles. The van der Waals surface area contributed by atoms with E-state index in [1.807, 2.05) is 24.4 Å². The third-order valence-electron chi connectivity index (χ3n) is 3.49. The first kappa shape index (κ1) is 14.5. The lowest BCUT2D eigenvalue weighted by Gasteiger charge is -2.21. The lowest BCUT2D eigenvalue weighted by atomic mass is 10.0. The van der Waals surface area contributed by atoms with Crippen molar-refractivity contribution >= 4 is 5.69 Å². The molecular formula is C17H21FN2. The highest BCUT2D eigenvalue weighted by Crippen LogP contribution is 2.26. The summed E-state index contributed by atoms with van der Waals surface area (Å²) in [6.07, 6.45) is 6.94. The molecule has 0 fully saturated rings. The summed E-state index contributed by atoms with van der Waals surface area (Å²) < 4.78 is 13.1. The Morgan fingerprint density at radius 3 is 2.60 bits per heavy atom. The van der Waals surface area contributed by atoms with Gasteiger partial charge in [-0.1, -0.05) is 31.9 Å². The molecule has 0 aliphatic rings. The van der Waals surface area contributed by atoms with Gasteiger partial charge in [-0.05, 0) is 42.7 Å². The number of nitrogens with zero attached hydrogens (tertiary/aromatic N) is 1. The van der Waals surface area contributed by atoms with Crippen LogP contribution in [-0.4, -0.2) is 4.98 Å². The fourth-order valence-corrected chi connectivity index (χ4v) is 2.23. The van der Waals surface area contributed by atoms with Crippen LogP contribution >= 0.6 is 0 Å². The molecular weight excluding hydrogens is 251 g/mol. The number of anilines is 1. The summed E-state index contributed by atoms with van der Waals surface area (Å²) in [6, 6.07) is 8.93. The van der Waals surface area contributed by atoms with Gasteiger partial charge in [0.05, 0.1) is 17.9 Å².